The van der Waals surface area contributed by atoms with Crippen LogP contribution in [0.15, 0.2) is 52.9 Å². The summed E-state index contributed by atoms with van der Waals surface area (Å²) in [6, 6.07) is 14.9. The van der Waals surface area contributed by atoms with Gasteiger partial charge in [-0.25, -0.2) is 4.39 Å². The molecule has 0 radical (unpaired) electrons. The van der Waals surface area contributed by atoms with Crippen LogP contribution in [0.2, 0.25) is 0 Å². The van der Waals surface area contributed by atoms with Gasteiger partial charge in [-0.1, -0.05) is 35.2 Å². The van der Waals surface area contributed by atoms with E-state index in [9.17, 15) is 9.18 Å². The number of carbonyl (C=O) groups excluding carboxylic acids is 1. The Kier molecular flexibility index (Phi) is 6.46. The summed E-state index contributed by atoms with van der Waals surface area (Å²) in [7, 11) is 0. The van der Waals surface area contributed by atoms with Crippen LogP contribution in [0, 0.1) is 17.1 Å². The van der Waals surface area contributed by atoms with Crippen molar-refractivity contribution in [2.24, 2.45) is 0 Å². The first-order valence-corrected chi connectivity index (χ1v) is 10.4. The van der Waals surface area contributed by atoms with Gasteiger partial charge in [-0.2, -0.15) is 5.26 Å². The molecule has 1 aromatic heterocycles. The summed E-state index contributed by atoms with van der Waals surface area (Å²) in [5, 5.41) is 20.0. The number of rotatable bonds is 7. The zero-order valence-electron chi connectivity index (χ0n) is 15.7. The van der Waals surface area contributed by atoms with Gasteiger partial charge in [0.15, 0.2) is 9.94 Å². The molecule has 0 spiro atoms. The van der Waals surface area contributed by atoms with Crippen LogP contribution < -0.4 is 10.1 Å². The number of thioether (sulfide) groups is 1. The molecule has 29 heavy (non-hydrogen) atoms. The molecule has 0 aliphatic heterocycles. The van der Waals surface area contributed by atoms with Gasteiger partial charge < -0.3 is 4.74 Å². The topological polar surface area (TPSA) is 87.9 Å². The lowest BCUT2D eigenvalue weighted by Gasteiger charge is -2.24. The summed E-state index contributed by atoms with van der Waals surface area (Å²) in [4.78, 5) is 12.6. The maximum atomic E-state index is 13.0. The van der Waals surface area contributed by atoms with E-state index in [2.05, 4.69) is 21.6 Å². The van der Waals surface area contributed by atoms with Crippen LogP contribution in [0.5, 0.6) is 5.75 Å². The monoisotopic (exact) mass is 428 g/mol. The number of nitrogens with one attached hydrogen (secondary N) is 1. The van der Waals surface area contributed by atoms with Crippen LogP contribution in [0.3, 0.4) is 0 Å². The molecule has 0 fully saturated rings. The normalized spacial score (nSPS) is 11.0. The zero-order valence-corrected chi connectivity index (χ0v) is 17.3. The molecule has 0 aliphatic carbocycles. The quantitative estimate of drug-likeness (QED) is 0.436. The summed E-state index contributed by atoms with van der Waals surface area (Å²) in [6.07, 6.45) is 0. The first-order valence-electron chi connectivity index (χ1n) is 8.57. The maximum absolute atomic E-state index is 13.0. The SMILES string of the molecule is CC(C)(Oc1ccc(F)cc1)C(=O)Nc1nnc(SCc2ccc(C#N)cc2)s1. The Labute approximate surface area is 175 Å². The van der Waals surface area contributed by atoms with E-state index >= 15 is 0 Å². The number of anilines is 1. The molecule has 0 saturated heterocycles. The minimum absolute atomic E-state index is 0.369. The number of hydrogen-bond donors (Lipinski definition) is 1. The standard InChI is InChI=1S/C20H17FN4O2S2/c1-20(2,27-16-9-7-15(21)8-10-16)17(26)23-18-24-25-19(29-18)28-12-14-5-3-13(11-22)4-6-14/h3-10H,12H2,1-2H3,(H,23,24,26). The zero-order chi connectivity index (χ0) is 20.9. The molecule has 1 amide bonds. The fraction of sp³-hybridized carbons (Fsp3) is 0.200. The van der Waals surface area contributed by atoms with Crippen LogP contribution in [0.1, 0.15) is 25.0 Å². The van der Waals surface area contributed by atoms with Gasteiger partial charge in [-0.15, -0.1) is 10.2 Å². The molecule has 0 aliphatic rings. The van der Waals surface area contributed by atoms with Gasteiger partial charge in [-0.3, -0.25) is 10.1 Å². The maximum Gasteiger partial charge on any atom is 0.269 e. The highest BCUT2D eigenvalue weighted by Crippen LogP contribution is 2.29. The lowest BCUT2D eigenvalue weighted by atomic mass is 10.1. The molecule has 1 N–H and O–H groups in total. The second-order valence-electron chi connectivity index (χ2n) is 6.49. The fourth-order valence-electron chi connectivity index (χ4n) is 2.23. The van der Waals surface area contributed by atoms with Gasteiger partial charge in [-0.05, 0) is 55.8 Å². The fourth-order valence-corrected chi connectivity index (χ4v) is 3.93. The highest BCUT2D eigenvalue weighted by Gasteiger charge is 2.31. The van der Waals surface area contributed by atoms with E-state index in [1.54, 1.807) is 26.0 Å². The van der Waals surface area contributed by atoms with E-state index in [4.69, 9.17) is 10.00 Å². The Morgan fingerprint density at radius 1 is 1.21 bits per heavy atom. The number of carbonyl (C=O) groups is 1. The van der Waals surface area contributed by atoms with Crippen LogP contribution >= 0.6 is 23.1 Å². The smallest absolute Gasteiger partial charge is 0.269 e. The Bertz CT molecular complexity index is 1030. The Morgan fingerprint density at radius 2 is 1.90 bits per heavy atom. The summed E-state index contributed by atoms with van der Waals surface area (Å²) in [5.41, 5.74) is 0.494. The third kappa shape index (κ3) is 5.76. The molecule has 1 heterocycles. The van der Waals surface area contributed by atoms with Gasteiger partial charge in [0, 0.05) is 5.75 Å². The minimum Gasteiger partial charge on any atom is -0.478 e. The number of aromatic nitrogens is 2. The predicted octanol–water partition coefficient (Wildman–Crippen LogP) is 4.64. The average Bonchev–Trinajstić information content (AvgIpc) is 3.15. The lowest BCUT2D eigenvalue weighted by Crippen LogP contribution is -2.42. The van der Waals surface area contributed by atoms with Gasteiger partial charge in [0.2, 0.25) is 5.13 Å². The third-order valence-corrected chi connectivity index (χ3v) is 5.85. The summed E-state index contributed by atoms with van der Waals surface area (Å²) >= 11 is 2.75. The van der Waals surface area contributed by atoms with Crippen molar-refractivity contribution in [2.75, 3.05) is 5.32 Å². The highest BCUT2D eigenvalue weighted by molar-refractivity contribution is 8.00. The molecular formula is C20H17FN4O2S2. The van der Waals surface area contributed by atoms with Crippen molar-refractivity contribution in [2.45, 2.75) is 29.5 Å². The van der Waals surface area contributed by atoms with E-state index in [1.165, 1.54) is 47.4 Å². The van der Waals surface area contributed by atoms with Crippen molar-refractivity contribution in [3.63, 3.8) is 0 Å². The number of hydrogen-bond acceptors (Lipinski definition) is 7. The second kappa shape index (κ2) is 9.03. The molecule has 0 saturated carbocycles. The summed E-state index contributed by atoms with van der Waals surface area (Å²) in [5.74, 6) is 0.302. The minimum atomic E-state index is -1.18. The Hall–Kier alpha value is -2.96. The van der Waals surface area contributed by atoms with E-state index in [-0.39, 0.29) is 11.7 Å². The second-order valence-corrected chi connectivity index (χ2v) is 8.69. The molecule has 3 aromatic rings. The highest BCUT2D eigenvalue weighted by atomic mass is 32.2. The van der Waals surface area contributed by atoms with Crippen molar-refractivity contribution in [1.82, 2.24) is 10.2 Å². The van der Waals surface area contributed by atoms with Crippen molar-refractivity contribution >= 4 is 34.1 Å². The first-order chi connectivity index (χ1) is 13.9. The number of benzene rings is 2. The summed E-state index contributed by atoms with van der Waals surface area (Å²) < 4.78 is 19.4. The Balaban J connectivity index is 1.56. The predicted molar refractivity (Wildman–Crippen MR) is 110 cm³/mol. The van der Waals surface area contributed by atoms with E-state index in [0.717, 1.165) is 5.56 Å². The van der Waals surface area contributed by atoms with E-state index in [1.807, 2.05) is 12.1 Å². The number of amides is 1. The molecule has 0 atom stereocenters. The van der Waals surface area contributed by atoms with Crippen LogP contribution in [0.25, 0.3) is 0 Å². The van der Waals surface area contributed by atoms with Crippen molar-refractivity contribution < 1.29 is 13.9 Å². The molecule has 0 unspecified atom stereocenters. The third-order valence-electron chi connectivity index (χ3n) is 3.81. The molecular weight excluding hydrogens is 411 g/mol. The molecule has 9 heteroatoms. The number of halogens is 1. The van der Waals surface area contributed by atoms with E-state index in [0.29, 0.717) is 26.5 Å². The van der Waals surface area contributed by atoms with Gasteiger partial charge in [0.05, 0.1) is 11.6 Å². The molecule has 6 nitrogen and oxygen atoms in total. The largest absolute Gasteiger partial charge is 0.478 e. The summed E-state index contributed by atoms with van der Waals surface area (Å²) in [6.45, 7) is 3.24. The molecule has 2 aromatic carbocycles. The van der Waals surface area contributed by atoms with Gasteiger partial charge in [0.1, 0.15) is 11.6 Å². The Morgan fingerprint density at radius 3 is 2.55 bits per heavy atom. The molecule has 0 bridgehead atoms. The van der Waals surface area contributed by atoms with Gasteiger partial charge in [0.25, 0.3) is 5.91 Å². The molecule has 148 valence electrons. The number of ether oxygens (including phenoxy) is 1. The first kappa shape index (κ1) is 20.8. The number of nitriles is 1. The number of nitrogens with zero attached hydrogens (tertiary/aromatic N) is 3. The molecule has 3 rings (SSSR count). The van der Waals surface area contributed by atoms with Crippen LogP contribution in [-0.4, -0.2) is 21.7 Å². The average molecular weight is 429 g/mol. The van der Waals surface area contributed by atoms with Crippen LogP contribution in [0.4, 0.5) is 9.52 Å². The van der Waals surface area contributed by atoms with Crippen molar-refractivity contribution in [1.29, 1.82) is 5.26 Å². The van der Waals surface area contributed by atoms with E-state index < -0.39 is 5.60 Å². The van der Waals surface area contributed by atoms with Crippen molar-refractivity contribution in [3.8, 4) is 11.8 Å². The lowest BCUT2D eigenvalue weighted by molar-refractivity contribution is -0.128. The van der Waals surface area contributed by atoms with Crippen LogP contribution in [-0.2, 0) is 10.5 Å². The van der Waals surface area contributed by atoms with Crippen molar-refractivity contribution in [3.05, 3.63) is 65.5 Å². The van der Waals surface area contributed by atoms with Gasteiger partial charge >= 0.3 is 0 Å².